The third-order valence-corrected chi connectivity index (χ3v) is 6.29. The van der Waals surface area contributed by atoms with E-state index in [1.807, 2.05) is 29.2 Å². The molecule has 5 nitrogen and oxygen atoms in total. The number of carbonyl (C=O) groups excluding carboxylic acids is 1. The number of rotatable bonds is 3. The van der Waals surface area contributed by atoms with Gasteiger partial charge in [-0.2, -0.15) is 0 Å². The van der Waals surface area contributed by atoms with Gasteiger partial charge in [0.15, 0.2) is 11.5 Å². The van der Waals surface area contributed by atoms with Gasteiger partial charge in [-0.15, -0.1) is 11.3 Å². The maximum Gasteiger partial charge on any atom is 0.246 e. The van der Waals surface area contributed by atoms with E-state index in [0.29, 0.717) is 13.1 Å². The molecule has 1 aromatic heterocycles. The van der Waals surface area contributed by atoms with Crippen LogP contribution in [-0.2, 0) is 17.8 Å². The lowest BCUT2D eigenvalue weighted by atomic mass is 10.1. The standard InChI is InChI=1S/C23H20N2O3S/c1-15-2-6-17(7-3-15)23-24-18-10-11-25(13-21(18)29-23)22(26)9-5-16-4-8-19-20(12-16)28-14-27-19/h2-9,12H,10-11,13-14H2,1H3/b9-5+. The van der Waals surface area contributed by atoms with Gasteiger partial charge in [0.1, 0.15) is 5.01 Å². The van der Waals surface area contributed by atoms with Gasteiger partial charge in [-0.3, -0.25) is 4.79 Å². The summed E-state index contributed by atoms with van der Waals surface area (Å²) in [4.78, 5) is 20.6. The Morgan fingerprint density at radius 3 is 2.83 bits per heavy atom. The first kappa shape index (κ1) is 17.9. The minimum atomic E-state index is 0.0126. The molecule has 0 unspecified atom stereocenters. The molecule has 0 saturated carbocycles. The minimum absolute atomic E-state index is 0.0126. The summed E-state index contributed by atoms with van der Waals surface area (Å²) in [5.74, 6) is 1.47. The number of nitrogens with zero attached hydrogens (tertiary/aromatic N) is 2. The van der Waals surface area contributed by atoms with E-state index < -0.39 is 0 Å². The monoisotopic (exact) mass is 404 g/mol. The Morgan fingerprint density at radius 2 is 1.97 bits per heavy atom. The van der Waals surface area contributed by atoms with Gasteiger partial charge in [0, 0.05) is 29.5 Å². The molecule has 0 radical (unpaired) electrons. The zero-order valence-electron chi connectivity index (χ0n) is 16.1. The van der Waals surface area contributed by atoms with E-state index in [9.17, 15) is 4.79 Å². The summed E-state index contributed by atoms with van der Waals surface area (Å²) in [7, 11) is 0. The lowest BCUT2D eigenvalue weighted by Crippen LogP contribution is -2.34. The predicted octanol–water partition coefficient (Wildman–Crippen LogP) is 4.45. The fourth-order valence-electron chi connectivity index (χ4n) is 3.49. The van der Waals surface area contributed by atoms with Crippen LogP contribution < -0.4 is 9.47 Å². The van der Waals surface area contributed by atoms with E-state index in [4.69, 9.17) is 14.5 Å². The van der Waals surface area contributed by atoms with Crippen molar-refractivity contribution >= 4 is 23.3 Å². The molecule has 3 aromatic rings. The van der Waals surface area contributed by atoms with Gasteiger partial charge in [-0.05, 0) is 30.7 Å². The van der Waals surface area contributed by atoms with Crippen molar-refractivity contribution in [1.82, 2.24) is 9.88 Å². The second kappa shape index (κ2) is 7.37. The molecule has 0 saturated heterocycles. The molecule has 5 rings (SSSR count). The summed E-state index contributed by atoms with van der Waals surface area (Å²) in [6.45, 7) is 3.63. The average Bonchev–Trinajstić information content (AvgIpc) is 3.38. The molecule has 0 spiro atoms. The molecule has 0 fully saturated rings. The second-order valence-electron chi connectivity index (χ2n) is 7.21. The Labute approximate surface area is 173 Å². The number of amides is 1. The van der Waals surface area contributed by atoms with E-state index in [1.54, 1.807) is 17.4 Å². The molecular formula is C23H20N2O3S. The van der Waals surface area contributed by atoms with Crippen LogP contribution in [0.15, 0.2) is 48.5 Å². The van der Waals surface area contributed by atoms with Crippen molar-refractivity contribution in [3.05, 3.63) is 70.2 Å². The maximum absolute atomic E-state index is 12.7. The smallest absolute Gasteiger partial charge is 0.246 e. The molecule has 1 amide bonds. The fourth-order valence-corrected chi connectivity index (χ4v) is 4.62. The second-order valence-corrected chi connectivity index (χ2v) is 8.29. The molecule has 0 bridgehead atoms. The molecule has 2 aliphatic heterocycles. The predicted molar refractivity (Wildman–Crippen MR) is 113 cm³/mol. The molecule has 146 valence electrons. The Balaban J connectivity index is 1.29. The first-order valence-electron chi connectivity index (χ1n) is 9.58. The highest BCUT2D eigenvalue weighted by Gasteiger charge is 2.23. The van der Waals surface area contributed by atoms with Crippen LogP contribution in [0.25, 0.3) is 16.6 Å². The van der Waals surface area contributed by atoms with Crippen molar-refractivity contribution in [3.63, 3.8) is 0 Å². The summed E-state index contributed by atoms with van der Waals surface area (Å²) < 4.78 is 10.7. The number of ether oxygens (including phenoxy) is 2. The van der Waals surface area contributed by atoms with E-state index in [1.165, 1.54) is 10.4 Å². The van der Waals surface area contributed by atoms with Gasteiger partial charge in [0.25, 0.3) is 0 Å². The molecular weight excluding hydrogens is 384 g/mol. The third-order valence-electron chi connectivity index (χ3n) is 5.16. The van der Waals surface area contributed by atoms with Crippen LogP contribution >= 0.6 is 11.3 Å². The molecule has 0 atom stereocenters. The van der Waals surface area contributed by atoms with Gasteiger partial charge in [-0.1, -0.05) is 35.9 Å². The van der Waals surface area contributed by atoms with Crippen LogP contribution in [0.3, 0.4) is 0 Å². The Kier molecular flexibility index (Phi) is 4.56. The van der Waals surface area contributed by atoms with Crippen LogP contribution in [0.4, 0.5) is 0 Å². The number of aryl methyl sites for hydroxylation is 1. The van der Waals surface area contributed by atoms with Crippen LogP contribution in [0.1, 0.15) is 21.7 Å². The van der Waals surface area contributed by atoms with E-state index in [-0.39, 0.29) is 12.7 Å². The quantitative estimate of drug-likeness (QED) is 0.606. The highest BCUT2D eigenvalue weighted by Crippen LogP contribution is 2.33. The molecule has 0 N–H and O–H groups in total. The zero-order chi connectivity index (χ0) is 19.8. The highest BCUT2D eigenvalue weighted by atomic mass is 32.1. The molecule has 2 aromatic carbocycles. The Bertz CT molecular complexity index is 1100. The summed E-state index contributed by atoms with van der Waals surface area (Å²) in [5, 5.41) is 1.03. The number of thiazole rings is 1. The summed E-state index contributed by atoms with van der Waals surface area (Å²) in [6, 6.07) is 14.1. The van der Waals surface area contributed by atoms with Crippen molar-refractivity contribution in [3.8, 4) is 22.1 Å². The fraction of sp³-hybridized carbons (Fsp3) is 0.217. The number of hydrogen-bond acceptors (Lipinski definition) is 5. The third kappa shape index (κ3) is 3.63. The lowest BCUT2D eigenvalue weighted by molar-refractivity contribution is -0.126. The highest BCUT2D eigenvalue weighted by molar-refractivity contribution is 7.15. The SMILES string of the molecule is Cc1ccc(-c2nc3c(s2)CN(C(=O)/C=C/c2ccc4c(c2)OCO4)CC3)cc1. The summed E-state index contributed by atoms with van der Waals surface area (Å²) in [5.41, 5.74) is 4.41. The van der Waals surface area contributed by atoms with Gasteiger partial charge >= 0.3 is 0 Å². The van der Waals surface area contributed by atoms with Crippen molar-refractivity contribution < 1.29 is 14.3 Å². The first-order valence-corrected chi connectivity index (χ1v) is 10.4. The van der Waals surface area contributed by atoms with Crippen molar-refractivity contribution in [2.75, 3.05) is 13.3 Å². The molecule has 3 heterocycles. The largest absolute Gasteiger partial charge is 0.454 e. The van der Waals surface area contributed by atoms with Gasteiger partial charge < -0.3 is 14.4 Å². The van der Waals surface area contributed by atoms with Crippen molar-refractivity contribution in [2.24, 2.45) is 0 Å². The van der Waals surface area contributed by atoms with Crippen molar-refractivity contribution in [1.29, 1.82) is 0 Å². The van der Waals surface area contributed by atoms with Crippen LogP contribution in [-0.4, -0.2) is 29.1 Å². The summed E-state index contributed by atoms with van der Waals surface area (Å²) >= 11 is 1.68. The zero-order valence-corrected chi connectivity index (χ0v) is 16.9. The number of carbonyl (C=O) groups is 1. The Hall–Kier alpha value is -3.12. The number of hydrogen-bond donors (Lipinski definition) is 0. The normalized spacial score (nSPS) is 15.0. The summed E-state index contributed by atoms with van der Waals surface area (Å²) in [6.07, 6.45) is 4.25. The van der Waals surface area contributed by atoms with Crippen LogP contribution in [0.2, 0.25) is 0 Å². The lowest BCUT2D eigenvalue weighted by Gasteiger charge is -2.24. The van der Waals surface area contributed by atoms with E-state index >= 15 is 0 Å². The molecule has 29 heavy (non-hydrogen) atoms. The minimum Gasteiger partial charge on any atom is -0.454 e. The number of aromatic nitrogens is 1. The van der Waals surface area contributed by atoms with Crippen molar-refractivity contribution in [2.45, 2.75) is 19.9 Å². The molecule has 6 heteroatoms. The van der Waals surface area contributed by atoms with E-state index in [2.05, 4.69) is 31.2 Å². The first-order chi connectivity index (χ1) is 14.2. The number of benzene rings is 2. The Morgan fingerprint density at radius 1 is 1.14 bits per heavy atom. The molecule has 2 aliphatic rings. The van der Waals surface area contributed by atoms with Gasteiger partial charge in [-0.25, -0.2) is 4.98 Å². The van der Waals surface area contributed by atoms with Gasteiger partial charge in [0.05, 0.1) is 12.2 Å². The van der Waals surface area contributed by atoms with Gasteiger partial charge in [0.2, 0.25) is 12.7 Å². The average molecular weight is 404 g/mol. The van der Waals surface area contributed by atoms with E-state index in [0.717, 1.165) is 39.7 Å². The van der Waals surface area contributed by atoms with Crippen LogP contribution in [0, 0.1) is 6.92 Å². The molecule has 0 aliphatic carbocycles. The number of fused-ring (bicyclic) bond motifs is 2. The maximum atomic E-state index is 12.7. The van der Waals surface area contributed by atoms with Crippen LogP contribution in [0.5, 0.6) is 11.5 Å². The topological polar surface area (TPSA) is 51.7 Å².